The molecule has 8 heteroatoms. The lowest BCUT2D eigenvalue weighted by molar-refractivity contribution is 0.296. The van der Waals surface area contributed by atoms with Gasteiger partial charge in [0.25, 0.3) is 0 Å². The Hall–Kier alpha value is -2.93. The summed E-state index contributed by atoms with van der Waals surface area (Å²) in [4.78, 5) is 4.33. The van der Waals surface area contributed by atoms with E-state index < -0.39 is 0 Å². The topological polar surface area (TPSA) is 74.4 Å². The Labute approximate surface area is 141 Å². The summed E-state index contributed by atoms with van der Waals surface area (Å²) in [6.07, 6.45) is 1.69. The van der Waals surface area contributed by atoms with Gasteiger partial charge in [0, 0.05) is 17.6 Å². The Morgan fingerprint density at radius 3 is 2.92 bits per heavy atom. The van der Waals surface area contributed by atoms with Crippen molar-refractivity contribution in [2.45, 2.75) is 6.61 Å². The van der Waals surface area contributed by atoms with Gasteiger partial charge in [0.05, 0.1) is 12.6 Å². The summed E-state index contributed by atoms with van der Waals surface area (Å²) in [6, 6.07) is 10.9. The minimum atomic E-state index is 0.208. The molecule has 0 radical (unpaired) electrons. The van der Waals surface area contributed by atoms with E-state index in [2.05, 4.69) is 20.3 Å². The molecule has 0 N–H and O–H groups in total. The zero-order valence-corrected chi connectivity index (χ0v) is 13.4. The van der Waals surface area contributed by atoms with E-state index in [1.807, 2.05) is 18.2 Å². The van der Waals surface area contributed by atoms with Gasteiger partial charge in [-0.2, -0.15) is 9.61 Å². The van der Waals surface area contributed by atoms with Crippen LogP contribution in [0.25, 0.3) is 16.6 Å². The third-order valence-electron chi connectivity index (χ3n) is 3.56. The molecule has 4 aromatic rings. The third-order valence-corrected chi connectivity index (χ3v) is 3.76. The average molecular weight is 342 g/mol. The van der Waals surface area contributed by atoms with Gasteiger partial charge >= 0.3 is 0 Å². The molecule has 0 fully saturated rings. The maximum Gasteiger partial charge on any atom is 0.192 e. The maximum absolute atomic E-state index is 5.92. The minimum Gasteiger partial charge on any atom is -0.497 e. The molecule has 0 bridgehead atoms. The monoisotopic (exact) mass is 341 g/mol. The molecule has 0 unspecified atom stereocenters. The molecule has 120 valence electrons. The summed E-state index contributed by atoms with van der Waals surface area (Å²) < 4.78 is 12.7. The molecule has 1 aromatic carbocycles. The third kappa shape index (κ3) is 2.59. The van der Waals surface area contributed by atoms with Gasteiger partial charge in [-0.05, 0) is 30.3 Å². The molecule has 0 aliphatic heterocycles. The van der Waals surface area contributed by atoms with Crippen LogP contribution < -0.4 is 9.47 Å². The molecule has 0 amide bonds. The zero-order chi connectivity index (χ0) is 16.5. The number of hydrogen-bond acceptors (Lipinski definition) is 6. The predicted octanol–water partition coefficient (Wildman–Crippen LogP) is 2.91. The van der Waals surface area contributed by atoms with Crippen molar-refractivity contribution in [3.63, 3.8) is 0 Å². The van der Waals surface area contributed by atoms with Crippen LogP contribution in [0.3, 0.4) is 0 Å². The molecule has 0 aliphatic rings. The van der Waals surface area contributed by atoms with Crippen molar-refractivity contribution in [1.82, 2.24) is 24.8 Å². The molecule has 0 saturated carbocycles. The van der Waals surface area contributed by atoms with Gasteiger partial charge in [0.2, 0.25) is 0 Å². The second kappa shape index (κ2) is 5.93. The predicted molar refractivity (Wildman–Crippen MR) is 88.4 cm³/mol. The number of halogens is 1. The first-order valence-electron chi connectivity index (χ1n) is 7.17. The Bertz CT molecular complexity index is 1030. The number of methoxy groups -OCH3 is 1. The van der Waals surface area contributed by atoms with E-state index in [4.69, 9.17) is 21.1 Å². The van der Waals surface area contributed by atoms with Crippen molar-refractivity contribution in [2.75, 3.05) is 7.11 Å². The largest absolute Gasteiger partial charge is 0.497 e. The fourth-order valence-electron chi connectivity index (χ4n) is 2.40. The van der Waals surface area contributed by atoms with Gasteiger partial charge in [-0.1, -0.05) is 11.6 Å². The van der Waals surface area contributed by atoms with Gasteiger partial charge in [0.15, 0.2) is 11.5 Å². The Morgan fingerprint density at radius 2 is 2.04 bits per heavy atom. The van der Waals surface area contributed by atoms with Crippen LogP contribution in [-0.4, -0.2) is 31.9 Å². The highest BCUT2D eigenvalue weighted by molar-refractivity contribution is 6.29. The van der Waals surface area contributed by atoms with Crippen LogP contribution in [0.2, 0.25) is 5.15 Å². The molecule has 0 atom stereocenters. The average Bonchev–Trinajstić information content (AvgIpc) is 3.01. The van der Waals surface area contributed by atoms with Crippen molar-refractivity contribution in [3.05, 3.63) is 53.6 Å². The molecule has 7 nitrogen and oxygen atoms in total. The summed E-state index contributed by atoms with van der Waals surface area (Å²) in [5.41, 5.74) is 1.40. The first-order valence-corrected chi connectivity index (χ1v) is 7.55. The first kappa shape index (κ1) is 14.6. The van der Waals surface area contributed by atoms with Crippen molar-refractivity contribution in [3.8, 4) is 11.5 Å². The molecule has 3 heterocycles. The van der Waals surface area contributed by atoms with Crippen molar-refractivity contribution < 1.29 is 9.47 Å². The van der Waals surface area contributed by atoms with Crippen LogP contribution in [0, 0.1) is 0 Å². The SMILES string of the molecule is COc1ccc2c(OCc3nnc4ccc(Cl)nn34)ccnc2c1. The van der Waals surface area contributed by atoms with Gasteiger partial charge in [-0.3, -0.25) is 4.98 Å². The molecule has 0 saturated heterocycles. The number of nitrogens with zero attached hydrogens (tertiary/aromatic N) is 5. The summed E-state index contributed by atoms with van der Waals surface area (Å²) in [7, 11) is 1.62. The van der Waals surface area contributed by atoms with Crippen LogP contribution >= 0.6 is 11.6 Å². The van der Waals surface area contributed by atoms with E-state index in [1.165, 1.54) is 0 Å². The lowest BCUT2D eigenvalue weighted by atomic mass is 10.2. The number of benzene rings is 1. The molecule has 3 aromatic heterocycles. The smallest absolute Gasteiger partial charge is 0.192 e. The number of fused-ring (bicyclic) bond motifs is 2. The zero-order valence-electron chi connectivity index (χ0n) is 12.7. The van der Waals surface area contributed by atoms with E-state index in [9.17, 15) is 0 Å². The number of aromatic nitrogens is 5. The molecule has 4 rings (SSSR count). The van der Waals surface area contributed by atoms with Crippen LogP contribution in [-0.2, 0) is 6.61 Å². The Kier molecular flexibility index (Phi) is 3.62. The van der Waals surface area contributed by atoms with Crippen LogP contribution in [0.15, 0.2) is 42.6 Å². The second-order valence-corrected chi connectivity index (χ2v) is 5.41. The minimum absolute atomic E-state index is 0.208. The molecular weight excluding hydrogens is 330 g/mol. The fourth-order valence-corrected chi connectivity index (χ4v) is 2.54. The Morgan fingerprint density at radius 1 is 1.12 bits per heavy atom. The standard InChI is InChI=1S/C16H12ClN5O2/c1-23-10-2-3-11-12(8-10)18-7-6-13(11)24-9-16-20-19-15-5-4-14(17)21-22(15)16/h2-8H,9H2,1H3. The van der Waals surface area contributed by atoms with Gasteiger partial charge < -0.3 is 9.47 Å². The van der Waals surface area contributed by atoms with E-state index in [1.54, 1.807) is 36.0 Å². The normalized spacial score (nSPS) is 11.1. The lowest BCUT2D eigenvalue weighted by Crippen LogP contribution is -2.04. The lowest BCUT2D eigenvalue weighted by Gasteiger charge is -2.09. The molecule has 0 aliphatic carbocycles. The van der Waals surface area contributed by atoms with Crippen LogP contribution in [0.1, 0.15) is 5.82 Å². The van der Waals surface area contributed by atoms with Crippen LogP contribution in [0.5, 0.6) is 11.5 Å². The Balaban J connectivity index is 1.65. The first-order chi connectivity index (χ1) is 11.7. The summed E-state index contributed by atoms with van der Waals surface area (Å²) in [5, 5.41) is 13.6. The van der Waals surface area contributed by atoms with E-state index >= 15 is 0 Å². The van der Waals surface area contributed by atoms with E-state index in [0.717, 1.165) is 16.7 Å². The molecular formula is C16H12ClN5O2. The number of rotatable bonds is 4. The highest BCUT2D eigenvalue weighted by atomic mass is 35.5. The highest BCUT2D eigenvalue weighted by Gasteiger charge is 2.10. The van der Waals surface area contributed by atoms with Gasteiger partial charge in [0.1, 0.15) is 23.3 Å². The maximum atomic E-state index is 5.92. The number of ether oxygens (including phenoxy) is 2. The second-order valence-electron chi connectivity index (χ2n) is 5.02. The van der Waals surface area contributed by atoms with Crippen LogP contribution in [0.4, 0.5) is 0 Å². The molecule has 24 heavy (non-hydrogen) atoms. The summed E-state index contributed by atoms with van der Waals surface area (Å²) in [6.45, 7) is 0.208. The van der Waals surface area contributed by atoms with E-state index in [-0.39, 0.29) is 6.61 Å². The summed E-state index contributed by atoms with van der Waals surface area (Å²) >= 11 is 5.92. The fraction of sp³-hybridized carbons (Fsp3) is 0.125. The molecule has 0 spiro atoms. The van der Waals surface area contributed by atoms with E-state index in [0.29, 0.717) is 22.4 Å². The van der Waals surface area contributed by atoms with Crippen molar-refractivity contribution in [1.29, 1.82) is 0 Å². The quantitative estimate of drug-likeness (QED) is 0.568. The van der Waals surface area contributed by atoms with Crippen molar-refractivity contribution in [2.24, 2.45) is 0 Å². The van der Waals surface area contributed by atoms with Gasteiger partial charge in [-0.15, -0.1) is 10.2 Å². The van der Waals surface area contributed by atoms with Crippen molar-refractivity contribution >= 4 is 28.2 Å². The number of hydrogen-bond donors (Lipinski definition) is 0. The number of pyridine rings is 1. The van der Waals surface area contributed by atoms with Gasteiger partial charge in [-0.25, -0.2) is 0 Å². The summed E-state index contributed by atoms with van der Waals surface area (Å²) in [5.74, 6) is 2.00. The highest BCUT2D eigenvalue weighted by Crippen LogP contribution is 2.27.